The van der Waals surface area contributed by atoms with Crippen molar-refractivity contribution in [2.75, 3.05) is 19.8 Å². The van der Waals surface area contributed by atoms with Crippen LogP contribution in [0.2, 0.25) is 0 Å². The molecule has 0 spiro atoms. The molecule has 4 heteroatoms. The molecule has 0 radical (unpaired) electrons. The Morgan fingerprint density at radius 3 is 2.55 bits per heavy atom. The third kappa shape index (κ3) is 1.26. The quantitative estimate of drug-likeness (QED) is 0.592. The molecule has 2 heterocycles. The van der Waals surface area contributed by atoms with Gasteiger partial charge < -0.3 is 15.2 Å². The number of aliphatic hydroxyl groups excluding tert-OH is 1. The molecule has 2 rings (SSSR count). The van der Waals surface area contributed by atoms with Crippen LogP contribution in [0.25, 0.3) is 0 Å². The normalized spacial score (nSPS) is 47.5. The van der Waals surface area contributed by atoms with E-state index in [4.69, 9.17) is 9.84 Å². The Balaban J connectivity index is 0.000000605. The van der Waals surface area contributed by atoms with Crippen LogP contribution in [0, 0.1) is 0 Å². The van der Waals surface area contributed by atoms with Gasteiger partial charge in [0.1, 0.15) is 5.60 Å². The lowest BCUT2D eigenvalue weighted by Crippen LogP contribution is -2.46. The average molecular weight is 180 g/mol. The highest BCUT2D eigenvalue weighted by Crippen LogP contribution is 2.37. The number of morpholine rings is 1. The van der Waals surface area contributed by atoms with E-state index >= 15 is 0 Å². The van der Waals surface area contributed by atoms with E-state index in [-0.39, 0.29) is 30.2 Å². The van der Waals surface area contributed by atoms with Gasteiger partial charge in [0.15, 0.2) is 0 Å². The molecule has 0 aromatic heterocycles. The monoisotopic (exact) mass is 179 g/mol. The molecular formula is C7H14ClNO2. The lowest BCUT2D eigenvalue weighted by Gasteiger charge is -2.26. The standard InChI is InChI=1S/C7H13NO2.ClH/c1-6-2-7(4-9,3-8-6)10-5-6;/h8-9H,2-5H2,1H3;1H. The fourth-order valence-electron chi connectivity index (χ4n) is 1.88. The van der Waals surface area contributed by atoms with Gasteiger partial charge in [0.05, 0.1) is 13.2 Å². The highest BCUT2D eigenvalue weighted by molar-refractivity contribution is 5.85. The Kier molecular flexibility index (Phi) is 2.18. The summed E-state index contributed by atoms with van der Waals surface area (Å²) in [4.78, 5) is 0. The van der Waals surface area contributed by atoms with Crippen molar-refractivity contribution in [3.05, 3.63) is 0 Å². The van der Waals surface area contributed by atoms with Crippen molar-refractivity contribution in [3.63, 3.8) is 0 Å². The van der Waals surface area contributed by atoms with Crippen LogP contribution in [0.15, 0.2) is 0 Å². The second-order valence-corrected chi connectivity index (χ2v) is 3.72. The number of aliphatic hydroxyl groups is 1. The summed E-state index contributed by atoms with van der Waals surface area (Å²) in [6, 6.07) is 0. The van der Waals surface area contributed by atoms with E-state index in [9.17, 15) is 0 Å². The summed E-state index contributed by atoms with van der Waals surface area (Å²) in [7, 11) is 0. The van der Waals surface area contributed by atoms with E-state index in [2.05, 4.69) is 12.2 Å². The zero-order valence-electron chi connectivity index (χ0n) is 6.59. The van der Waals surface area contributed by atoms with Gasteiger partial charge in [-0.15, -0.1) is 12.4 Å². The Hall–Kier alpha value is 0.170. The number of hydrogen-bond donors (Lipinski definition) is 2. The summed E-state index contributed by atoms with van der Waals surface area (Å²) >= 11 is 0. The first-order chi connectivity index (χ1) is 4.68. The van der Waals surface area contributed by atoms with Crippen LogP contribution in [-0.4, -0.2) is 36.0 Å². The second kappa shape index (κ2) is 2.59. The van der Waals surface area contributed by atoms with E-state index in [1.54, 1.807) is 0 Å². The Labute approximate surface area is 72.5 Å². The lowest BCUT2D eigenvalue weighted by atomic mass is 9.97. The first-order valence-corrected chi connectivity index (χ1v) is 3.68. The van der Waals surface area contributed by atoms with Crippen LogP contribution < -0.4 is 5.32 Å². The van der Waals surface area contributed by atoms with E-state index in [0.29, 0.717) is 0 Å². The Bertz CT molecular complexity index is 155. The van der Waals surface area contributed by atoms with Crippen LogP contribution >= 0.6 is 12.4 Å². The number of ether oxygens (including phenoxy) is 1. The average Bonchev–Trinajstić information content (AvgIpc) is 2.42. The summed E-state index contributed by atoms with van der Waals surface area (Å²) in [6.07, 6.45) is 0.955. The largest absolute Gasteiger partial charge is 0.393 e. The number of halogens is 1. The Morgan fingerprint density at radius 1 is 1.64 bits per heavy atom. The van der Waals surface area contributed by atoms with Gasteiger partial charge in [0.25, 0.3) is 0 Å². The van der Waals surface area contributed by atoms with Crippen molar-refractivity contribution in [2.45, 2.75) is 24.5 Å². The maximum atomic E-state index is 8.99. The van der Waals surface area contributed by atoms with Crippen LogP contribution in [0.5, 0.6) is 0 Å². The van der Waals surface area contributed by atoms with Gasteiger partial charge in [0, 0.05) is 18.5 Å². The van der Waals surface area contributed by atoms with Gasteiger partial charge in [-0.2, -0.15) is 0 Å². The number of rotatable bonds is 1. The fourth-order valence-corrected chi connectivity index (χ4v) is 1.88. The van der Waals surface area contributed by atoms with Crippen LogP contribution in [-0.2, 0) is 4.74 Å². The maximum absolute atomic E-state index is 8.99. The van der Waals surface area contributed by atoms with E-state index in [0.717, 1.165) is 19.6 Å². The predicted octanol–water partition coefficient (Wildman–Crippen LogP) is -0.0785. The molecule has 0 amide bonds. The van der Waals surface area contributed by atoms with Crippen molar-refractivity contribution < 1.29 is 9.84 Å². The van der Waals surface area contributed by atoms with Crippen molar-refractivity contribution in [2.24, 2.45) is 0 Å². The molecular weight excluding hydrogens is 166 g/mol. The molecule has 0 aromatic carbocycles. The maximum Gasteiger partial charge on any atom is 0.105 e. The van der Waals surface area contributed by atoms with E-state index in [1.807, 2.05) is 0 Å². The van der Waals surface area contributed by atoms with Crippen LogP contribution in [0.3, 0.4) is 0 Å². The second-order valence-electron chi connectivity index (χ2n) is 3.72. The van der Waals surface area contributed by atoms with Crippen molar-refractivity contribution in [1.82, 2.24) is 5.32 Å². The predicted molar refractivity (Wildman–Crippen MR) is 44.0 cm³/mol. The van der Waals surface area contributed by atoms with E-state index in [1.165, 1.54) is 0 Å². The highest BCUT2D eigenvalue weighted by atomic mass is 35.5. The molecule has 0 aliphatic carbocycles. The van der Waals surface area contributed by atoms with Gasteiger partial charge in [-0.3, -0.25) is 0 Å². The molecule has 2 bridgehead atoms. The number of nitrogens with one attached hydrogen (secondary N) is 1. The smallest absolute Gasteiger partial charge is 0.105 e. The molecule has 2 aliphatic heterocycles. The van der Waals surface area contributed by atoms with E-state index < -0.39 is 0 Å². The topological polar surface area (TPSA) is 41.5 Å². The summed E-state index contributed by atoms with van der Waals surface area (Å²) in [5.74, 6) is 0. The minimum atomic E-state index is -0.241. The zero-order chi connectivity index (χ0) is 7.24. The molecule has 3 nitrogen and oxygen atoms in total. The summed E-state index contributed by atoms with van der Waals surface area (Å²) in [6.45, 7) is 3.83. The van der Waals surface area contributed by atoms with Crippen molar-refractivity contribution >= 4 is 12.4 Å². The fraction of sp³-hybridized carbons (Fsp3) is 1.00. The third-order valence-corrected chi connectivity index (χ3v) is 2.53. The van der Waals surface area contributed by atoms with Crippen molar-refractivity contribution in [1.29, 1.82) is 0 Å². The summed E-state index contributed by atoms with van der Waals surface area (Å²) < 4.78 is 5.48. The van der Waals surface area contributed by atoms with Crippen LogP contribution in [0.1, 0.15) is 13.3 Å². The first kappa shape index (κ1) is 9.26. The van der Waals surface area contributed by atoms with Gasteiger partial charge in [-0.25, -0.2) is 0 Å². The van der Waals surface area contributed by atoms with Gasteiger partial charge >= 0.3 is 0 Å². The SMILES string of the molecule is CC12COC(CO)(CN1)C2.Cl. The van der Waals surface area contributed by atoms with Gasteiger partial charge in [-0.1, -0.05) is 0 Å². The molecule has 2 N–H and O–H groups in total. The lowest BCUT2D eigenvalue weighted by molar-refractivity contribution is -0.0479. The molecule has 2 fully saturated rings. The number of hydrogen-bond acceptors (Lipinski definition) is 3. The molecule has 11 heavy (non-hydrogen) atoms. The molecule has 2 aliphatic rings. The molecule has 0 saturated carbocycles. The molecule has 0 aromatic rings. The van der Waals surface area contributed by atoms with Crippen molar-refractivity contribution in [3.8, 4) is 0 Å². The third-order valence-electron chi connectivity index (χ3n) is 2.53. The molecule has 2 unspecified atom stereocenters. The minimum absolute atomic E-state index is 0. The molecule has 2 saturated heterocycles. The van der Waals surface area contributed by atoms with Gasteiger partial charge in [0.2, 0.25) is 0 Å². The van der Waals surface area contributed by atoms with Crippen LogP contribution in [0.4, 0.5) is 0 Å². The number of fused-ring (bicyclic) bond motifs is 2. The van der Waals surface area contributed by atoms with Gasteiger partial charge in [-0.05, 0) is 6.92 Å². The zero-order valence-corrected chi connectivity index (χ0v) is 7.41. The minimum Gasteiger partial charge on any atom is -0.393 e. The molecule has 2 atom stereocenters. The summed E-state index contributed by atoms with van der Waals surface area (Å²) in [5, 5.41) is 12.3. The first-order valence-electron chi connectivity index (χ1n) is 3.68. The highest BCUT2D eigenvalue weighted by Gasteiger charge is 2.52. The molecule has 66 valence electrons. The summed E-state index contributed by atoms with van der Waals surface area (Å²) in [5.41, 5.74) is -0.0997. The Morgan fingerprint density at radius 2 is 2.36 bits per heavy atom.